The van der Waals surface area contributed by atoms with Gasteiger partial charge in [-0.25, -0.2) is 0 Å². The Labute approximate surface area is 137 Å². The van der Waals surface area contributed by atoms with E-state index in [1.807, 2.05) is 19.1 Å². The highest BCUT2D eigenvalue weighted by Gasteiger charge is 2.24. The van der Waals surface area contributed by atoms with Crippen LogP contribution in [0.25, 0.3) is 0 Å². The smallest absolute Gasteiger partial charge is 0.223 e. The summed E-state index contributed by atoms with van der Waals surface area (Å²) in [7, 11) is 0. The normalized spacial score (nSPS) is 17.3. The van der Waals surface area contributed by atoms with Crippen LogP contribution in [0.1, 0.15) is 36.0 Å². The van der Waals surface area contributed by atoms with Crippen LogP contribution in [0, 0.1) is 6.92 Å². The van der Waals surface area contributed by atoms with Gasteiger partial charge in [-0.05, 0) is 49.7 Å². The Bertz CT molecular complexity index is 623. The first-order valence-corrected chi connectivity index (χ1v) is 8.25. The molecular weight excluding hydrogens is 354 g/mol. The zero-order chi connectivity index (χ0) is 14.8. The van der Waals surface area contributed by atoms with Crippen molar-refractivity contribution in [2.24, 2.45) is 0 Å². The molecule has 112 valence electrons. The van der Waals surface area contributed by atoms with Gasteiger partial charge in [-0.3, -0.25) is 4.90 Å². The van der Waals surface area contributed by atoms with Gasteiger partial charge in [0.1, 0.15) is 0 Å². The van der Waals surface area contributed by atoms with E-state index in [4.69, 9.17) is 16.1 Å². The van der Waals surface area contributed by atoms with Gasteiger partial charge < -0.3 is 4.52 Å². The molecule has 21 heavy (non-hydrogen) atoms. The number of hydrogen-bond donors (Lipinski definition) is 0. The van der Waals surface area contributed by atoms with Crippen molar-refractivity contribution >= 4 is 27.5 Å². The monoisotopic (exact) mass is 369 g/mol. The lowest BCUT2D eigenvalue weighted by atomic mass is 9.96. The molecule has 0 aliphatic carbocycles. The fraction of sp³-hybridized carbons (Fsp3) is 0.467. The number of benzene rings is 1. The first-order valence-electron chi connectivity index (χ1n) is 7.08. The zero-order valence-corrected chi connectivity index (χ0v) is 14.2. The van der Waals surface area contributed by atoms with Crippen molar-refractivity contribution in [1.82, 2.24) is 15.0 Å². The van der Waals surface area contributed by atoms with Crippen molar-refractivity contribution in [2.75, 3.05) is 13.1 Å². The SMILES string of the molecule is Cc1nc(C2CCN(Cc3cc(Br)ccc3Cl)CC2)no1. The minimum absolute atomic E-state index is 0.414. The number of rotatable bonds is 3. The number of hydrogen-bond acceptors (Lipinski definition) is 4. The van der Waals surface area contributed by atoms with E-state index in [0.717, 1.165) is 47.8 Å². The topological polar surface area (TPSA) is 42.2 Å². The van der Waals surface area contributed by atoms with Gasteiger partial charge in [0, 0.05) is 28.9 Å². The second-order valence-corrected chi connectivity index (χ2v) is 6.78. The van der Waals surface area contributed by atoms with Gasteiger partial charge in [0.15, 0.2) is 5.82 Å². The van der Waals surface area contributed by atoms with E-state index >= 15 is 0 Å². The van der Waals surface area contributed by atoms with Gasteiger partial charge in [-0.15, -0.1) is 0 Å². The lowest BCUT2D eigenvalue weighted by Gasteiger charge is -2.30. The van der Waals surface area contributed by atoms with Crippen molar-refractivity contribution in [3.8, 4) is 0 Å². The van der Waals surface area contributed by atoms with E-state index in [2.05, 4.69) is 37.0 Å². The summed E-state index contributed by atoms with van der Waals surface area (Å²) in [5.41, 5.74) is 1.17. The van der Waals surface area contributed by atoms with E-state index in [1.165, 1.54) is 5.56 Å². The Morgan fingerprint density at radius 1 is 1.38 bits per heavy atom. The molecule has 1 aliphatic rings. The van der Waals surface area contributed by atoms with Crippen molar-refractivity contribution in [2.45, 2.75) is 32.2 Å². The lowest BCUT2D eigenvalue weighted by molar-refractivity contribution is 0.200. The Balaban J connectivity index is 1.60. The molecule has 2 heterocycles. The molecule has 0 saturated carbocycles. The predicted molar refractivity (Wildman–Crippen MR) is 85.4 cm³/mol. The van der Waals surface area contributed by atoms with E-state index in [9.17, 15) is 0 Å². The average molecular weight is 371 g/mol. The second kappa shape index (κ2) is 6.46. The maximum Gasteiger partial charge on any atom is 0.223 e. The summed E-state index contributed by atoms with van der Waals surface area (Å²) in [5, 5.41) is 4.87. The van der Waals surface area contributed by atoms with Crippen LogP contribution in [0.3, 0.4) is 0 Å². The van der Waals surface area contributed by atoms with E-state index in [-0.39, 0.29) is 0 Å². The van der Waals surface area contributed by atoms with Crippen molar-refractivity contribution in [1.29, 1.82) is 0 Å². The number of nitrogens with zero attached hydrogens (tertiary/aromatic N) is 3. The minimum atomic E-state index is 0.414. The standard InChI is InChI=1S/C15H17BrClN3O/c1-10-18-15(19-21-10)11-4-6-20(7-5-11)9-12-8-13(16)2-3-14(12)17/h2-3,8,11H,4-7,9H2,1H3. The van der Waals surface area contributed by atoms with Crippen LogP contribution < -0.4 is 0 Å². The molecule has 3 rings (SSSR count). The molecule has 4 nitrogen and oxygen atoms in total. The van der Waals surface area contributed by atoms with Gasteiger partial charge in [0.2, 0.25) is 5.89 Å². The van der Waals surface area contributed by atoms with Gasteiger partial charge >= 0.3 is 0 Å². The zero-order valence-electron chi connectivity index (χ0n) is 11.9. The fourth-order valence-corrected chi connectivity index (χ4v) is 3.32. The average Bonchev–Trinajstić information content (AvgIpc) is 2.90. The summed E-state index contributed by atoms with van der Waals surface area (Å²) in [5.74, 6) is 1.91. The van der Waals surface area contributed by atoms with Crippen LogP contribution in [-0.2, 0) is 6.54 Å². The van der Waals surface area contributed by atoms with Crippen LogP contribution >= 0.6 is 27.5 Å². The van der Waals surface area contributed by atoms with Gasteiger partial charge in [0.05, 0.1) is 0 Å². The van der Waals surface area contributed by atoms with Crippen LogP contribution in [-0.4, -0.2) is 28.1 Å². The number of likely N-dealkylation sites (tertiary alicyclic amines) is 1. The maximum atomic E-state index is 6.26. The third kappa shape index (κ3) is 3.65. The number of halogens is 2. The van der Waals surface area contributed by atoms with E-state index in [1.54, 1.807) is 0 Å². The fourth-order valence-electron chi connectivity index (χ4n) is 2.74. The quantitative estimate of drug-likeness (QED) is 0.813. The lowest BCUT2D eigenvalue weighted by Crippen LogP contribution is -2.32. The van der Waals surface area contributed by atoms with Crippen molar-refractivity contribution in [3.63, 3.8) is 0 Å². The van der Waals surface area contributed by atoms with Crippen LogP contribution in [0.5, 0.6) is 0 Å². The molecular formula is C15H17BrClN3O. The maximum absolute atomic E-state index is 6.26. The summed E-state index contributed by atoms with van der Waals surface area (Å²) in [6, 6.07) is 6.00. The van der Waals surface area contributed by atoms with E-state index in [0.29, 0.717) is 11.8 Å². The third-order valence-electron chi connectivity index (χ3n) is 3.90. The summed E-state index contributed by atoms with van der Waals surface area (Å²) < 4.78 is 6.14. The van der Waals surface area contributed by atoms with Crippen molar-refractivity contribution < 1.29 is 4.52 Å². The predicted octanol–water partition coefficient (Wildman–Crippen LogP) is 4.17. The number of piperidine rings is 1. The molecule has 0 amide bonds. The summed E-state index contributed by atoms with van der Waals surface area (Å²) in [6.45, 7) is 4.78. The van der Waals surface area contributed by atoms with Gasteiger partial charge in [-0.2, -0.15) is 4.98 Å². The molecule has 1 saturated heterocycles. The molecule has 6 heteroatoms. The molecule has 0 unspecified atom stereocenters. The molecule has 0 atom stereocenters. The first-order chi connectivity index (χ1) is 10.1. The van der Waals surface area contributed by atoms with Crippen LogP contribution in [0.2, 0.25) is 5.02 Å². The molecule has 0 N–H and O–H groups in total. The molecule has 0 bridgehead atoms. The van der Waals surface area contributed by atoms with Crippen LogP contribution in [0.4, 0.5) is 0 Å². The highest BCUT2D eigenvalue weighted by molar-refractivity contribution is 9.10. The Hall–Kier alpha value is -0.910. The van der Waals surface area contributed by atoms with Crippen molar-refractivity contribution in [3.05, 3.63) is 45.0 Å². The molecule has 1 aliphatic heterocycles. The largest absolute Gasteiger partial charge is 0.340 e. The third-order valence-corrected chi connectivity index (χ3v) is 4.76. The summed E-state index contributed by atoms with van der Waals surface area (Å²) >= 11 is 9.76. The van der Waals surface area contributed by atoms with Crippen LogP contribution in [0.15, 0.2) is 27.2 Å². The first kappa shape index (κ1) is 15.0. The number of aryl methyl sites for hydroxylation is 1. The van der Waals surface area contributed by atoms with Gasteiger partial charge in [0.25, 0.3) is 0 Å². The Kier molecular flexibility index (Phi) is 4.62. The van der Waals surface area contributed by atoms with E-state index < -0.39 is 0 Å². The molecule has 1 aromatic carbocycles. The summed E-state index contributed by atoms with van der Waals surface area (Å²) in [4.78, 5) is 6.77. The minimum Gasteiger partial charge on any atom is -0.340 e. The Morgan fingerprint density at radius 2 is 2.14 bits per heavy atom. The molecule has 1 fully saturated rings. The summed E-state index contributed by atoms with van der Waals surface area (Å²) in [6.07, 6.45) is 2.12. The number of aromatic nitrogens is 2. The Morgan fingerprint density at radius 3 is 2.81 bits per heavy atom. The van der Waals surface area contributed by atoms with Gasteiger partial charge in [-0.1, -0.05) is 32.7 Å². The second-order valence-electron chi connectivity index (χ2n) is 5.46. The molecule has 0 spiro atoms. The molecule has 0 radical (unpaired) electrons. The molecule has 2 aromatic rings. The highest BCUT2D eigenvalue weighted by Crippen LogP contribution is 2.28. The molecule has 1 aromatic heterocycles. The highest BCUT2D eigenvalue weighted by atomic mass is 79.9.